The second-order valence-electron chi connectivity index (χ2n) is 16.1. The van der Waals surface area contributed by atoms with Gasteiger partial charge in [-0.1, -0.05) is 156 Å². The monoisotopic (exact) mass is 485 g/mol. The Morgan fingerprint density at radius 3 is 1.31 bits per heavy atom. The highest BCUT2D eigenvalue weighted by molar-refractivity contribution is 5.42. The van der Waals surface area contributed by atoms with Crippen LogP contribution in [0.25, 0.3) is 0 Å². The zero-order valence-corrected chi connectivity index (χ0v) is 27.4. The average Bonchev–Trinajstić information content (AvgIpc) is 2.72. The Hall–Kier alpha value is -0.780. The minimum absolute atomic E-state index is 0.00867. The summed E-state index contributed by atoms with van der Waals surface area (Å²) in [7, 11) is 0. The standard InChI is InChI=1S/C35H64/c1-19-21-35(18,20-2)34(16,17)33(14,15)32(12,13)28-23-26(29(5,6)7)22-27(24-28)31(10,11)30(8,9)25(3)4/h22-25H,19-21H2,1-18H3. The molecule has 0 nitrogen and oxygen atoms in total. The molecule has 1 atom stereocenters. The molecule has 0 heteroatoms. The van der Waals surface area contributed by atoms with Gasteiger partial charge in [0, 0.05) is 0 Å². The lowest BCUT2D eigenvalue weighted by Gasteiger charge is -2.60. The molecule has 0 heterocycles. The maximum absolute atomic E-state index is 2.58. The number of hydrogen-bond donors (Lipinski definition) is 0. The molecule has 0 fully saturated rings. The van der Waals surface area contributed by atoms with E-state index in [1.807, 2.05) is 0 Å². The van der Waals surface area contributed by atoms with E-state index in [-0.39, 0.29) is 32.5 Å². The highest BCUT2D eigenvalue weighted by atomic mass is 14.6. The third-order valence-electron chi connectivity index (χ3n) is 12.5. The van der Waals surface area contributed by atoms with Crippen LogP contribution >= 0.6 is 0 Å². The molecule has 0 radical (unpaired) electrons. The van der Waals surface area contributed by atoms with Crippen molar-refractivity contribution in [2.24, 2.45) is 27.6 Å². The number of rotatable bonds is 10. The van der Waals surface area contributed by atoms with Crippen molar-refractivity contribution in [1.29, 1.82) is 0 Å². The van der Waals surface area contributed by atoms with Gasteiger partial charge in [0.25, 0.3) is 0 Å². The van der Waals surface area contributed by atoms with Gasteiger partial charge in [0.2, 0.25) is 0 Å². The van der Waals surface area contributed by atoms with Crippen molar-refractivity contribution < 1.29 is 0 Å². The van der Waals surface area contributed by atoms with Crippen LogP contribution in [0, 0.1) is 27.6 Å². The smallest absolute Gasteiger partial charge is 0.00469 e. The fourth-order valence-corrected chi connectivity index (χ4v) is 6.26. The molecule has 0 spiro atoms. The van der Waals surface area contributed by atoms with E-state index in [0.717, 1.165) is 0 Å². The van der Waals surface area contributed by atoms with E-state index < -0.39 is 0 Å². The molecule has 0 amide bonds. The van der Waals surface area contributed by atoms with Crippen LogP contribution in [0.2, 0.25) is 0 Å². The van der Waals surface area contributed by atoms with Gasteiger partial charge in [0.15, 0.2) is 0 Å². The van der Waals surface area contributed by atoms with E-state index in [1.54, 1.807) is 0 Å². The Morgan fingerprint density at radius 2 is 0.971 bits per heavy atom. The highest BCUT2D eigenvalue weighted by Crippen LogP contribution is 2.62. The van der Waals surface area contributed by atoms with Gasteiger partial charge >= 0.3 is 0 Å². The fourth-order valence-electron chi connectivity index (χ4n) is 6.26. The molecule has 1 unspecified atom stereocenters. The Morgan fingerprint density at radius 1 is 0.571 bits per heavy atom. The lowest BCUT2D eigenvalue weighted by atomic mass is 9.44. The van der Waals surface area contributed by atoms with Crippen LogP contribution in [0.3, 0.4) is 0 Å². The molecular formula is C35H64. The largest absolute Gasteiger partial charge is 0.0654 e. The third kappa shape index (κ3) is 5.29. The minimum Gasteiger partial charge on any atom is -0.0654 e. The summed E-state index contributed by atoms with van der Waals surface area (Å²) < 4.78 is 0. The summed E-state index contributed by atoms with van der Waals surface area (Å²) in [6.45, 7) is 44.2. The first kappa shape index (κ1) is 32.2. The van der Waals surface area contributed by atoms with Gasteiger partial charge in [0.1, 0.15) is 0 Å². The second kappa shape index (κ2) is 9.83. The Labute approximate surface area is 222 Å². The summed E-state index contributed by atoms with van der Waals surface area (Å²) in [4.78, 5) is 0. The van der Waals surface area contributed by atoms with Crippen LogP contribution in [-0.4, -0.2) is 0 Å². The lowest BCUT2D eigenvalue weighted by molar-refractivity contribution is -0.0793. The van der Waals surface area contributed by atoms with Crippen LogP contribution in [0.1, 0.15) is 161 Å². The van der Waals surface area contributed by atoms with E-state index in [2.05, 4.69) is 143 Å². The van der Waals surface area contributed by atoms with Gasteiger partial charge in [-0.15, -0.1) is 0 Å². The van der Waals surface area contributed by atoms with Gasteiger partial charge in [-0.25, -0.2) is 0 Å². The maximum atomic E-state index is 2.58. The normalized spacial score (nSPS) is 16.5. The molecule has 35 heavy (non-hydrogen) atoms. The van der Waals surface area contributed by atoms with E-state index in [4.69, 9.17) is 0 Å². The summed E-state index contributed by atoms with van der Waals surface area (Å²) in [6.07, 6.45) is 3.74. The van der Waals surface area contributed by atoms with Crippen LogP contribution in [0.15, 0.2) is 18.2 Å². The molecule has 0 aliphatic carbocycles. The first-order valence-electron chi connectivity index (χ1n) is 14.5. The van der Waals surface area contributed by atoms with Gasteiger partial charge in [0.05, 0.1) is 0 Å². The van der Waals surface area contributed by atoms with Crippen molar-refractivity contribution in [1.82, 2.24) is 0 Å². The molecule has 0 N–H and O–H groups in total. The van der Waals surface area contributed by atoms with Gasteiger partial charge in [-0.05, 0) is 66.9 Å². The minimum atomic E-state index is 0.00867. The van der Waals surface area contributed by atoms with Crippen molar-refractivity contribution in [3.63, 3.8) is 0 Å². The van der Waals surface area contributed by atoms with Crippen LogP contribution in [0.4, 0.5) is 0 Å². The van der Waals surface area contributed by atoms with Gasteiger partial charge in [-0.3, -0.25) is 0 Å². The van der Waals surface area contributed by atoms with Crippen molar-refractivity contribution >= 4 is 0 Å². The molecule has 0 saturated heterocycles. The Balaban J connectivity index is 3.95. The van der Waals surface area contributed by atoms with Crippen LogP contribution < -0.4 is 0 Å². The van der Waals surface area contributed by atoms with Crippen molar-refractivity contribution in [3.05, 3.63) is 34.9 Å². The summed E-state index contributed by atoms with van der Waals surface area (Å²) >= 11 is 0. The molecule has 1 rings (SSSR count). The second-order valence-corrected chi connectivity index (χ2v) is 16.1. The zero-order chi connectivity index (χ0) is 28.1. The maximum Gasteiger partial charge on any atom is -0.00469 e. The Bertz CT molecular complexity index is 851. The molecule has 0 bridgehead atoms. The Kier molecular flexibility index (Phi) is 9.06. The van der Waals surface area contributed by atoms with Crippen molar-refractivity contribution in [2.75, 3.05) is 0 Å². The van der Waals surface area contributed by atoms with Crippen molar-refractivity contribution in [2.45, 2.75) is 160 Å². The summed E-state index contributed by atoms with van der Waals surface area (Å²) in [5.74, 6) is 0.599. The first-order chi connectivity index (χ1) is 15.4. The van der Waals surface area contributed by atoms with E-state index in [9.17, 15) is 0 Å². The average molecular weight is 485 g/mol. The molecule has 0 saturated carbocycles. The van der Waals surface area contributed by atoms with Gasteiger partial charge < -0.3 is 0 Å². The summed E-state index contributed by atoms with van der Waals surface area (Å²) in [5.41, 5.74) is 5.37. The van der Waals surface area contributed by atoms with Crippen LogP contribution in [-0.2, 0) is 16.2 Å². The van der Waals surface area contributed by atoms with E-state index in [0.29, 0.717) is 11.3 Å². The predicted molar refractivity (Wildman–Crippen MR) is 161 cm³/mol. The molecule has 1 aromatic carbocycles. The van der Waals surface area contributed by atoms with E-state index >= 15 is 0 Å². The van der Waals surface area contributed by atoms with Crippen molar-refractivity contribution in [3.8, 4) is 0 Å². The van der Waals surface area contributed by atoms with Gasteiger partial charge in [-0.2, -0.15) is 0 Å². The summed E-state index contributed by atoms with van der Waals surface area (Å²) in [5, 5.41) is 0. The molecular weight excluding hydrogens is 420 g/mol. The summed E-state index contributed by atoms with van der Waals surface area (Å²) in [6, 6.07) is 7.65. The SMILES string of the molecule is CCCC(C)(CC)C(C)(C)C(C)(C)C(C)(C)c1cc(C(C)(C)C)cc(C(C)(C)C(C)(C)C(C)C)c1. The third-order valence-corrected chi connectivity index (χ3v) is 12.5. The molecule has 1 aromatic rings. The lowest BCUT2D eigenvalue weighted by Crippen LogP contribution is -2.54. The molecule has 0 aliphatic heterocycles. The predicted octanol–water partition coefficient (Wildman–Crippen LogP) is 11.5. The van der Waals surface area contributed by atoms with Crippen LogP contribution in [0.5, 0.6) is 0 Å². The number of hydrogen-bond acceptors (Lipinski definition) is 0. The quantitative estimate of drug-likeness (QED) is 0.310. The fraction of sp³-hybridized carbons (Fsp3) is 0.829. The topological polar surface area (TPSA) is 0 Å². The highest BCUT2D eigenvalue weighted by Gasteiger charge is 2.56. The first-order valence-corrected chi connectivity index (χ1v) is 14.5. The molecule has 0 aliphatic rings. The molecule has 204 valence electrons. The molecule has 0 aromatic heterocycles. The van der Waals surface area contributed by atoms with E-state index in [1.165, 1.54) is 36.0 Å². The number of benzene rings is 1. The zero-order valence-electron chi connectivity index (χ0n) is 27.4.